The molecule has 2 aliphatic carbocycles. The first-order valence-corrected chi connectivity index (χ1v) is 11.9. The van der Waals surface area contributed by atoms with Gasteiger partial charge in [-0.1, -0.05) is 11.6 Å². The third kappa shape index (κ3) is 4.26. The van der Waals surface area contributed by atoms with Crippen molar-refractivity contribution in [3.8, 4) is 0 Å². The van der Waals surface area contributed by atoms with Gasteiger partial charge in [-0.25, -0.2) is 4.52 Å². The maximum Gasteiger partial charge on any atom is 0.433 e. The second kappa shape index (κ2) is 8.12. The van der Waals surface area contributed by atoms with Gasteiger partial charge in [0.05, 0.1) is 16.1 Å². The summed E-state index contributed by atoms with van der Waals surface area (Å²) in [6, 6.07) is 2.66. The van der Waals surface area contributed by atoms with Gasteiger partial charge in [-0.15, -0.1) is 0 Å². The lowest BCUT2D eigenvalue weighted by molar-refractivity contribution is -0.142. The molecular formula is C23H26ClF3N4O3. The maximum absolute atomic E-state index is 13.7. The molecular weight excluding hydrogens is 473 g/mol. The molecule has 7 nitrogen and oxygen atoms in total. The van der Waals surface area contributed by atoms with Crippen molar-refractivity contribution in [2.45, 2.75) is 69.2 Å². The number of carbonyl (C=O) groups excluding carboxylic acids is 2. The molecule has 34 heavy (non-hydrogen) atoms. The lowest BCUT2D eigenvalue weighted by atomic mass is 9.83. The number of piperazine rings is 1. The molecule has 2 saturated carbocycles. The molecule has 1 saturated heterocycles. The molecule has 0 bridgehead atoms. The number of pyridine rings is 1. The van der Waals surface area contributed by atoms with E-state index in [-0.39, 0.29) is 47.2 Å². The molecule has 2 aromatic rings. The van der Waals surface area contributed by atoms with Crippen LogP contribution in [0.4, 0.5) is 13.2 Å². The van der Waals surface area contributed by atoms with Gasteiger partial charge in [0.1, 0.15) is 12.2 Å². The monoisotopic (exact) mass is 498 g/mol. The predicted octanol–water partition coefficient (Wildman–Crippen LogP) is 3.86. The molecule has 1 aliphatic heterocycles. The van der Waals surface area contributed by atoms with Crippen molar-refractivity contribution >= 4 is 28.9 Å². The summed E-state index contributed by atoms with van der Waals surface area (Å²) >= 11 is 6.39. The fourth-order valence-electron chi connectivity index (χ4n) is 5.06. The summed E-state index contributed by atoms with van der Waals surface area (Å²) in [6.45, 7) is 2.16. The Balaban J connectivity index is 1.38. The Morgan fingerprint density at radius 2 is 1.85 bits per heavy atom. The van der Waals surface area contributed by atoms with E-state index in [1.807, 2.05) is 0 Å². The molecule has 11 heteroatoms. The Hall–Kier alpha value is -2.33. The van der Waals surface area contributed by atoms with Crippen LogP contribution in [0.3, 0.4) is 0 Å². The fraction of sp³-hybridized carbons (Fsp3) is 0.609. The van der Waals surface area contributed by atoms with Crippen LogP contribution in [0.15, 0.2) is 12.1 Å². The van der Waals surface area contributed by atoms with Crippen molar-refractivity contribution in [3.05, 3.63) is 34.1 Å². The number of aliphatic hydroxyl groups is 1. The Morgan fingerprint density at radius 3 is 2.44 bits per heavy atom. The highest BCUT2D eigenvalue weighted by Gasteiger charge is 2.40. The number of alkyl halides is 3. The molecule has 2 aromatic heterocycles. The van der Waals surface area contributed by atoms with Crippen LogP contribution in [0, 0.1) is 0 Å². The van der Waals surface area contributed by atoms with Gasteiger partial charge in [0, 0.05) is 19.1 Å². The number of halogens is 4. The Bertz CT molecular complexity index is 1150. The summed E-state index contributed by atoms with van der Waals surface area (Å²) in [5.41, 5.74) is -1.39. The van der Waals surface area contributed by atoms with Gasteiger partial charge in [-0.2, -0.15) is 18.3 Å². The zero-order valence-corrected chi connectivity index (χ0v) is 19.5. The van der Waals surface area contributed by atoms with E-state index >= 15 is 0 Å². The van der Waals surface area contributed by atoms with Crippen LogP contribution in [0.5, 0.6) is 0 Å². The first-order valence-electron chi connectivity index (χ1n) is 11.5. The van der Waals surface area contributed by atoms with Crippen LogP contribution < -0.4 is 0 Å². The number of amides is 2. The van der Waals surface area contributed by atoms with Crippen molar-refractivity contribution in [3.63, 3.8) is 0 Å². The van der Waals surface area contributed by atoms with Crippen LogP contribution in [0.25, 0.3) is 5.52 Å². The van der Waals surface area contributed by atoms with E-state index in [2.05, 4.69) is 5.10 Å². The number of carbonyl (C=O) groups is 2. The summed E-state index contributed by atoms with van der Waals surface area (Å²) in [7, 11) is 0. The topological polar surface area (TPSA) is 78.2 Å². The standard InChI is InChI=1S/C23H26ClF3N4O3/c1-22(34)6-4-15(5-7-22)30-9-8-29(12-18(30)32)21(33)20-19(24)16-10-14(13-2-3-13)11-17(23(25,26)27)31(16)28-20/h10-11,13,15,34H,2-9,12H2,1H3. The second-order valence-corrected chi connectivity index (χ2v) is 10.3. The van der Waals surface area contributed by atoms with Gasteiger partial charge >= 0.3 is 6.18 Å². The number of aromatic nitrogens is 2. The summed E-state index contributed by atoms with van der Waals surface area (Å²) < 4.78 is 41.9. The summed E-state index contributed by atoms with van der Waals surface area (Å²) in [5.74, 6) is -0.821. The van der Waals surface area contributed by atoms with Crippen molar-refractivity contribution in [1.29, 1.82) is 0 Å². The lowest BCUT2D eigenvalue weighted by Gasteiger charge is -2.43. The van der Waals surface area contributed by atoms with Gasteiger partial charge in [0.25, 0.3) is 5.91 Å². The van der Waals surface area contributed by atoms with Crippen molar-refractivity contribution in [2.75, 3.05) is 19.6 Å². The highest BCUT2D eigenvalue weighted by Crippen LogP contribution is 2.43. The van der Waals surface area contributed by atoms with E-state index in [4.69, 9.17) is 11.6 Å². The zero-order chi connectivity index (χ0) is 24.4. The van der Waals surface area contributed by atoms with Crippen molar-refractivity contribution in [1.82, 2.24) is 19.4 Å². The first kappa shape index (κ1) is 23.4. The van der Waals surface area contributed by atoms with Crippen LogP contribution in [0.2, 0.25) is 5.02 Å². The quantitative estimate of drug-likeness (QED) is 0.697. The van der Waals surface area contributed by atoms with Gasteiger partial charge in [0.15, 0.2) is 5.69 Å². The highest BCUT2D eigenvalue weighted by atomic mass is 35.5. The number of nitrogens with zero attached hydrogens (tertiary/aromatic N) is 4. The maximum atomic E-state index is 13.7. The first-order chi connectivity index (χ1) is 15.9. The van der Waals surface area contributed by atoms with E-state index in [0.29, 0.717) is 42.3 Å². The lowest BCUT2D eigenvalue weighted by Crippen LogP contribution is -2.56. The van der Waals surface area contributed by atoms with Crippen LogP contribution in [-0.2, 0) is 11.0 Å². The normalized spacial score (nSPS) is 26.4. The van der Waals surface area contributed by atoms with E-state index in [1.54, 1.807) is 17.9 Å². The Morgan fingerprint density at radius 1 is 1.18 bits per heavy atom. The SMILES string of the molecule is CC1(O)CCC(N2CCN(C(=O)c3nn4c(C(F)(F)F)cc(C5CC5)cc4c3Cl)CC2=O)CC1. The van der Waals surface area contributed by atoms with Gasteiger partial charge in [-0.3, -0.25) is 9.59 Å². The molecule has 1 N–H and O–H groups in total. The molecule has 0 spiro atoms. The van der Waals surface area contributed by atoms with Crippen molar-refractivity contribution < 1.29 is 27.9 Å². The Labute approximate surface area is 199 Å². The number of hydrogen-bond acceptors (Lipinski definition) is 4. The molecule has 3 fully saturated rings. The molecule has 3 heterocycles. The third-order valence-electron chi connectivity index (χ3n) is 7.26. The third-order valence-corrected chi connectivity index (χ3v) is 7.63. The zero-order valence-electron chi connectivity index (χ0n) is 18.7. The van der Waals surface area contributed by atoms with Gasteiger partial charge in [-0.05, 0) is 69.1 Å². The van der Waals surface area contributed by atoms with Gasteiger partial charge < -0.3 is 14.9 Å². The Kier molecular flexibility index (Phi) is 5.59. The van der Waals surface area contributed by atoms with Crippen LogP contribution in [0.1, 0.15) is 73.1 Å². The van der Waals surface area contributed by atoms with Crippen LogP contribution in [-0.4, -0.2) is 67.6 Å². The fourth-order valence-corrected chi connectivity index (χ4v) is 5.31. The molecule has 5 rings (SSSR count). The molecule has 184 valence electrons. The van der Waals surface area contributed by atoms with E-state index in [9.17, 15) is 27.9 Å². The van der Waals surface area contributed by atoms with E-state index < -0.39 is 23.4 Å². The predicted molar refractivity (Wildman–Crippen MR) is 118 cm³/mol. The number of rotatable bonds is 3. The average Bonchev–Trinajstić information content (AvgIpc) is 3.56. The molecule has 0 aromatic carbocycles. The largest absolute Gasteiger partial charge is 0.433 e. The summed E-state index contributed by atoms with van der Waals surface area (Å²) in [4.78, 5) is 29.0. The highest BCUT2D eigenvalue weighted by molar-refractivity contribution is 6.36. The van der Waals surface area contributed by atoms with Gasteiger partial charge in [0.2, 0.25) is 5.91 Å². The van der Waals surface area contributed by atoms with Crippen LogP contribution >= 0.6 is 11.6 Å². The second-order valence-electron chi connectivity index (χ2n) is 9.95. The minimum Gasteiger partial charge on any atom is -0.390 e. The molecule has 3 aliphatic rings. The minimum absolute atomic E-state index is 0.0129. The molecule has 0 unspecified atom stereocenters. The van der Waals surface area contributed by atoms with E-state index in [1.165, 1.54) is 4.90 Å². The number of hydrogen-bond donors (Lipinski definition) is 1. The summed E-state index contributed by atoms with van der Waals surface area (Å²) in [6.07, 6.45) is -0.448. The van der Waals surface area contributed by atoms with E-state index in [0.717, 1.165) is 18.9 Å². The molecule has 0 radical (unpaired) electrons. The smallest absolute Gasteiger partial charge is 0.390 e. The number of fused-ring (bicyclic) bond motifs is 1. The average molecular weight is 499 g/mol. The minimum atomic E-state index is -4.66. The molecule has 0 atom stereocenters. The van der Waals surface area contributed by atoms with Crippen molar-refractivity contribution in [2.24, 2.45) is 0 Å². The molecule has 2 amide bonds. The summed E-state index contributed by atoms with van der Waals surface area (Å²) in [5, 5.41) is 14.0.